The maximum atomic E-state index is 5.97. The summed E-state index contributed by atoms with van der Waals surface area (Å²) in [5, 5.41) is 3.40. The van der Waals surface area contributed by atoms with E-state index in [4.69, 9.17) is 5.73 Å². The van der Waals surface area contributed by atoms with Crippen LogP contribution in [0.5, 0.6) is 0 Å². The lowest BCUT2D eigenvalue weighted by atomic mass is 10.0. The van der Waals surface area contributed by atoms with E-state index in [-0.39, 0.29) is 6.17 Å². The second kappa shape index (κ2) is 14.4. The Balaban J connectivity index is 1.79. The molecule has 140 valence electrons. The van der Waals surface area contributed by atoms with Crippen molar-refractivity contribution in [3.63, 3.8) is 0 Å². The maximum Gasteiger partial charge on any atom is 0.0995 e. The molecule has 0 radical (unpaired) electrons. The van der Waals surface area contributed by atoms with Crippen molar-refractivity contribution >= 4 is 0 Å². The average molecular weight is 336 g/mol. The minimum atomic E-state index is 0.100. The summed E-state index contributed by atoms with van der Waals surface area (Å²) in [7, 11) is 0. The smallest absolute Gasteiger partial charge is 0.0995 e. The maximum absolute atomic E-state index is 5.97. The molecule has 3 N–H and O–H groups in total. The standard InChI is InChI=1S/C21H41N3/c1-3-4-5-6-7-8-9-10-11-12-13-14-15-16-17-21-23-18-19-24(21)20(2)22/h3,18-21,23H,1,4-17,22H2,2H3. The first-order valence-corrected chi connectivity index (χ1v) is 10.3. The lowest BCUT2D eigenvalue weighted by Gasteiger charge is -2.28. The predicted octanol–water partition coefficient (Wildman–Crippen LogP) is 5.64. The molecule has 0 fully saturated rings. The van der Waals surface area contributed by atoms with E-state index in [0.29, 0.717) is 6.17 Å². The fourth-order valence-corrected chi connectivity index (χ4v) is 3.48. The SMILES string of the molecule is C=CCCCCCCCCCCCCCCC1NC=CN1C(C)N. The van der Waals surface area contributed by atoms with E-state index in [1.54, 1.807) is 0 Å². The van der Waals surface area contributed by atoms with Crippen LogP contribution in [0.15, 0.2) is 25.1 Å². The van der Waals surface area contributed by atoms with Gasteiger partial charge < -0.3 is 16.0 Å². The van der Waals surface area contributed by atoms with E-state index < -0.39 is 0 Å². The van der Waals surface area contributed by atoms with E-state index >= 15 is 0 Å². The van der Waals surface area contributed by atoms with Crippen molar-refractivity contribution in [2.24, 2.45) is 5.73 Å². The van der Waals surface area contributed by atoms with Crippen LogP contribution < -0.4 is 11.1 Å². The van der Waals surface area contributed by atoms with Gasteiger partial charge in [0.1, 0.15) is 0 Å². The quantitative estimate of drug-likeness (QED) is 0.283. The van der Waals surface area contributed by atoms with Crippen molar-refractivity contribution in [3.05, 3.63) is 25.1 Å². The first kappa shape index (κ1) is 21.1. The molecule has 2 atom stereocenters. The summed E-state index contributed by atoms with van der Waals surface area (Å²) in [6.45, 7) is 5.82. The molecule has 0 spiro atoms. The van der Waals surface area contributed by atoms with E-state index in [2.05, 4.69) is 23.0 Å². The molecule has 0 amide bonds. The van der Waals surface area contributed by atoms with Crippen molar-refractivity contribution in [2.45, 2.75) is 109 Å². The lowest BCUT2D eigenvalue weighted by molar-refractivity contribution is 0.208. The topological polar surface area (TPSA) is 41.3 Å². The molecule has 0 aliphatic carbocycles. The summed E-state index contributed by atoms with van der Waals surface area (Å²) in [5.74, 6) is 0. The van der Waals surface area contributed by atoms with Gasteiger partial charge in [-0.3, -0.25) is 0 Å². The fraction of sp³-hybridized carbons (Fsp3) is 0.810. The predicted molar refractivity (Wildman–Crippen MR) is 106 cm³/mol. The zero-order chi connectivity index (χ0) is 17.5. The van der Waals surface area contributed by atoms with Gasteiger partial charge in [-0.25, -0.2) is 0 Å². The van der Waals surface area contributed by atoms with Gasteiger partial charge in [-0.05, 0) is 32.6 Å². The van der Waals surface area contributed by atoms with Crippen molar-refractivity contribution in [1.82, 2.24) is 10.2 Å². The van der Waals surface area contributed by atoms with Gasteiger partial charge in [-0.1, -0.05) is 70.3 Å². The van der Waals surface area contributed by atoms with Crippen molar-refractivity contribution in [1.29, 1.82) is 0 Å². The Morgan fingerprint density at radius 3 is 1.96 bits per heavy atom. The van der Waals surface area contributed by atoms with E-state index in [0.717, 1.165) is 0 Å². The molecule has 0 aromatic heterocycles. The molecule has 1 rings (SSSR count). The van der Waals surface area contributed by atoms with Crippen molar-refractivity contribution < 1.29 is 0 Å². The molecule has 3 nitrogen and oxygen atoms in total. The Bertz CT molecular complexity index is 325. The van der Waals surface area contributed by atoms with Crippen LogP contribution in [0, 0.1) is 0 Å². The van der Waals surface area contributed by atoms with Gasteiger partial charge in [-0.15, -0.1) is 6.58 Å². The van der Waals surface area contributed by atoms with Gasteiger partial charge in [0.2, 0.25) is 0 Å². The molecule has 2 unspecified atom stereocenters. The summed E-state index contributed by atoms with van der Waals surface area (Å²) in [6, 6.07) is 0. The first-order valence-electron chi connectivity index (χ1n) is 10.3. The Kier molecular flexibility index (Phi) is 12.6. The average Bonchev–Trinajstić information content (AvgIpc) is 3.04. The lowest BCUT2D eigenvalue weighted by Crippen LogP contribution is -2.44. The molecule has 1 aliphatic heterocycles. The number of hydrogen-bond donors (Lipinski definition) is 2. The third-order valence-corrected chi connectivity index (χ3v) is 5.00. The van der Waals surface area contributed by atoms with Gasteiger partial charge in [0.25, 0.3) is 0 Å². The molecule has 0 saturated heterocycles. The highest BCUT2D eigenvalue weighted by Gasteiger charge is 2.20. The van der Waals surface area contributed by atoms with Gasteiger partial charge in [-0.2, -0.15) is 0 Å². The third kappa shape index (κ3) is 10.0. The minimum Gasteiger partial charge on any atom is -0.370 e. The van der Waals surface area contributed by atoms with E-state index in [9.17, 15) is 0 Å². The highest BCUT2D eigenvalue weighted by atomic mass is 15.3. The van der Waals surface area contributed by atoms with Crippen LogP contribution in [0.25, 0.3) is 0 Å². The van der Waals surface area contributed by atoms with E-state index in [1.807, 2.05) is 19.2 Å². The highest BCUT2D eigenvalue weighted by molar-refractivity contribution is 4.95. The molecule has 0 aromatic rings. The molecule has 0 saturated carbocycles. The van der Waals surface area contributed by atoms with Crippen LogP contribution >= 0.6 is 0 Å². The second-order valence-corrected chi connectivity index (χ2v) is 7.29. The number of unbranched alkanes of at least 4 members (excludes halogenated alkanes) is 12. The van der Waals surface area contributed by atoms with Crippen LogP contribution in [-0.4, -0.2) is 17.2 Å². The highest BCUT2D eigenvalue weighted by Crippen LogP contribution is 2.16. The van der Waals surface area contributed by atoms with Crippen molar-refractivity contribution in [2.75, 3.05) is 0 Å². The molecule has 24 heavy (non-hydrogen) atoms. The first-order chi connectivity index (χ1) is 11.8. The second-order valence-electron chi connectivity index (χ2n) is 7.29. The monoisotopic (exact) mass is 335 g/mol. The summed E-state index contributed by atoms with van der Waals surface area (Å²) in [4.78, 5) is 2.22. The van der Waals surface area contributed by atoms with Crippen LogP contribution in [0.3, 0.4) is 0 Å². The minimum absolute atomic E-state index is 0.100. The largest absolute Gasteiger partial charge is 0.370 e. The molecule has 1 heterocycles. The molecule has 0 bridgehead atoms. The zero-order valence-electron chi connectivity index (χ0n) is 16.0. The number of hydrogen-bond acceptors (Lipinski definition) is 3. The molecular weight excluding hydrogens is 294 g/mol. The molecular formula is C21H41N3. The zero-order valence-corrected chi connectivity index (χ0v) is 16.0. The summed E-state index contributed by atoms with van der Waals surface area (Å²) in [6.07, 6.45) is 25.8. The molecule has 0 aromatic carbocycles. The summed E-state index contributed by atoms with van der Waals surface area (Å²) >= 11 is 0. The Labute approximate surface area is 150 Å². The van der Waals surface area contributed by atoms with Gasteiger partial charge >= 0.3 is 0 Å². The third-order valence-electron chi connectivity index (χ3n) is 5.00. The summed E-state index contributed by atoms with van der Waals surface area (Å²) in [5.41, 5.74) is 5.97. The van der Waals surface area contributed by atoms with Crippen LogP contribution in [0.2, 0.25) is 0 Å². The van der Waals surface area contributed by atoms with Crippen LogP contribution in [0.4, 0.5) is 0 Å². The summed E-state index contributed by atoms with van der Waals surface area (Å²) < 4.78 is 0. The van der Waals surface area contributed by atoms with Crippen LogP contribution in [-0.2, 0) is 0 Å². The Morgan fingerprint density at radius 2 is 1.46 bits per heavy atom. The van der Waals surface area contributed by atoms with Gasteiger partial charge in [0, 0.05) is 12.4 Å². The van der Waals surface area contributed by atoms with Crippen LogP contribution in [0.1, 0.15) is 96.8 Å². The van der Waals surface area contributed by atoms with Gasteiger partial charge in [0.15, 0.2) is 0 Å². The molecule has 1 aliphatic rings. The van der Waals surface area contributed by atoms with E-state index in [1.165, 1.54) is 89.9 Å². The number of nitrogens with zero attached hydrogens (tertiary/aromatic N) is 1. The normalized spacial score (nSPS) is 17.9. The Hall–Kier alpha value is -0.960. The number of allylic oxidation sites excluding steroid dienone is 1. The Morgan fingerprint density at radius 1 is 0.958 bits per heavy atom. The van der Waals surface area contributed by atoms with Gasteiger partial charge in [0.05, 0.1) is 12.3 Å². The van der Waals surface area contributed by atoms with Crippen molar-refractivity contribution in [3.8, 4) is 0 Å². The molecule has 3 heteroatoms. The number of rotatable bonds is 16. The fourth-order valence-electron chi connectivity index (χ4n) is 3.48. The number of nitrogens with two attached hydrogens (primary N) is 1. The number of nitrogens with one attached hydrogen (secondary N) is 1.